The van der Waals surface area contributed by atoms with Crippen molar-refractivity contribution in [2.24, 2.45) is 0 Å². The fourth-order valence-electron chi connectivity index (χ4n) is 2.63. The van der Waals surface area contributed by atoms with E-state index in [4.69, 9.17) is 4.74 Å². The van der Waals surface area contributed by atoms with Gasteiger partial charge in [-0.2, -0.15) is 0 Å². The SMILES string of the molecule is COc1c(C)cc(CNCc2ccnc(N(C)C)c2)cc1C. The Labute approximate surface area is 133 Å². The van der Waals surface area contributed by atoms with E-state index in [1.165, 1.54) is 22.3 Å². The molecule has 0 atom stereocenters. The van der Waals surface area contributed by atoms with E-state index in [0.29, 0.717) is 0 Å². The van der Waals surface area contributed by atoms with E-state index in [-0.39, 0.29) is 0 Å². The minimum absolute atomic E-state index is 0.827. The van der Waals surface area contributed by atoms with Crippen LogP contribution in [0.25, 0.3) is 0 Å². The number of aryl methyl sites for hydroxylation is 2. The topological polar surface area (TPSA) is 37.4 Å². The molecular weight excluding hydrogens is 274 g/mol. The van der Waals surface area contributed by atoms with Crippen molar-refractivity contribution in [1.29, 1.82) is 0 Å². The molecule has 0 aliphatic rings. The normalized spacial score (nSPS) is 10.6. The summed E-state index contributed by atoms with van der Waals surface area (Å²) >= 11 is 0. The number of rotatable bonds is 6. The van der Waals surface area contributed by atoms with Crippen LogP contribution in [0.5, 0.6) is 5.75 Å². The highest BCUT2D eigenvalue weighted by molar-refractivity contribution is 5.43. The lowest BCUT2D eigenvalue weighted by Crippen LogP contribution is -2.15. The number of ether oxygens (including phenoxy) is 1. The number of anilines is 1. The minimum Gasteiger partial charge on any atom is -0.496 e. The maximum absolute atomic E-state index is 5.41. The second kappa shape index (κ2) is 7.27. The first-order valence-electron chi connectivity index (χ1n) is 7.48. The lowest BCUT2D eigenvalue weighted by molar-refractivity contribution is 0.408. The summed E-state index contributed by atoms with van der Waals surface area (Å²) in [7, 11) is 5.73. The minimum atomic E-state index is 0.827. The fourth-order valence-corrected chi connectivity index (χ4v) is 2.63. The summed E-state index contributed by atoms with van der Waals surface area (Å²) in [4.78, 5) is 6.35. The van der Waals surface area contributed by atoms with E-state index < -0.39 is 0 Å². The third kappa shape index (κ3) is 3.98. The molecule has 4 heteroatoms. The van der Waals surface area contributed by atoms with Crippen LogP contribution >= 0.6 is 0 Å². The van der Waals surface area contributed by atoms with E-state index in [1.807, 2.05) is 31.3 Å². The zero-order valence-corrected chi connectivity index (χ0v) is 14.1. The molecule has 1 aromatic carbocycles. The Balaban J connectivity index is 1.98. The molecule has 2 rings (SSSR count). The largest absolute Gasteiger partial charge is 0.496 e. The van der Waals surface area contributed by atoms with E-state index >= 15 is 0 Å². The van der Waals surface area contributed by atoms with Crippen molar-refractivity contribution in [3.05, 3.63) is 52.7 Å². The summed E-state index contributed by atoms with van der Waals surface area (Å²) in [6.45, 7) is 5.84. The predicted octanol–water partition coefficient (Wildman–Crippen LogP) is 3.06. The number of pyridine rings is 1. The molecule has 0 bridgehead atoms. The molecule has 0 spiro atoms. The average molecular weight is 299 g/mol. The standard InChI is InChI=1S/C18H25N3O/c1-13-8-16(9-14(2)18(13)22-5)12-19-11-15-6-7-20-17(10-15)21(3)4/h6-10,19H,11-12H2,1-5H3. The summed E-state index contributed by atoms with van der Waals surface area (Å²) in [5.41, 5.74) is 4.87. The van der Waals surface area contributed by atoms with Crippen LogP contribution in [-0.2, 0) is 13.1 Å². The molecule has 1 N–H and O–H groups in total. The molecule has 118 valence electrons. The number of methoxy groups -OCH3 is 1. The van der Waals surface area contributed by atoms with Crippen LogP contribution < -0.4 is 15.0 Å². The molecule has 0 radical (unpaired) electrons. The molecule has 0 saturated heterocycles. The number of hydrogen-bond acceptors (Lipinski definition) is 4. The van der Waals surface area contributed by atoms with Crippen LogP contribution in [0.4, 0.5) is 5.82 Å². The van der Waals surface area contributed by atoms with Gasteiger partial charge in [0.2, 0.25) is 0 Å². The highest BCUT2D eigenvalue weighted by Crippen LogP contribution is 2.24. The van der Waals surface area contributed by atoms with Crippen LogP contribution in [0.1, 0.15) is 22.3 Å². The van der Waals surface area contributed by atoms with Gasteiger partial charge in [0.05, 0.1) is 7.11 Å². The third-order valence-corrected chi connectivity index (χ3v) is 3.65. The molecule has 22 heavy (non-hydrogen) atoms. The Morgan fingerprint density at radius 1 is 1.05 bits per heavy atom. The number of hydrogen-bond donors (Lipinski definition) is 1. The van der Waals surface area contributed by atoms with Crippen LogP contribution in [0.15, 0.2) is 30.5 Å². The van der Waals surface area contributed by atoms with Crippen LogP contribution in [-0.4, -0.2) is 26.2 Å². The van der Waals surface area contributed by atoms with Crippen molar-refractivity contribution in [3.63, 3.8) is 0 Å². The number of benzene rings is 1. The molecule has 1 aromatic heterocycles. The first-order chi connectivity index (χ1) is 10.5. The monoisotopic (exact) mass is 299 g/mol. The smallest absolute Gasteiger partial charge is 0.128 e. The molecule has 2 aromatic rings. The van der Waals surface area contributed by atoms with Crippen LogP contribution in [0.2, 0.25) is 0 Å². The Morgan fingerprint density at radius 3 is 2.27 bits per heavy atom. The van der Waals surface area contributed by atoms with E-state index in [9.17, 15) is 0 Å². The van der Waals surface area contributed by atoms with Crippen molar-refractivity contribution in [1.82, 2.24) is 10.3 Å². The highest BCUT2D eigenvalue weighted by atomic mass is 16.5. The van der Waals surface area contributed by atoms with Gasteiger partial charge in [-0.05, 0) is 48.2 Å². The van der Waals surface area contributed by atoms with Gasteiger partial charge in [0.15, 0.2) is 0 Å². The van der Waals surface area contributed by atoms with E-state index in [1.54, 1.807) is 7.11 Å². The van der Waals surface area contributed by atoms with E-state index in [2.05, 4.69) is 42.3 Å². The van der Waals surface area contributed by atoms with Crippen molar-refractivity contribution in [3.8, 4) is 5.75 Å². The van der Waals surface area contributed by atoms with Crippen molar-refractivity contribution in [2.75, 3.05) is 26.1 Å². The van der Waals surface area contributed by atoms with Gasteiger partial charge in [-0.1, -0.05) is 12.1 Å². The number of nitrogens with one attached hydrogen (secondary N) is 1. The maximum atomic E-state index is 5.41. The molecule has 1 heterocycles. The maximum Gasteiger partial charge on any atom is 0.128 e. The van der Waals surface area contributed by atoms with Gasteiger partial charge < -0.3 is 15.0 Å². The number of nitrogens with zero attached hydrogens (tertiary/aromatic N) is 2. The van der Waals surface area contributed by atoms with Gasteiger partial charge in [0.25, 0.3) is 0 Å². The van der Waals surface area contributed by atoms with Gasteiger partial charge in [-0.25, -0.2) is 4.98 Å². The Kier molecular flexibility index (Phi) is 5.39. The van der Waals surface area contributed by atoms with Crippen molar-refractivity contribution >= 4 is 5.82 Å². The second-order valence-electron chi connectivity index (χ2n) is 5.78. The molecule has 0 amide bonds. The van der Waals surface area contributed by atoms with Crippen LogP contribution in [0.3, 0.4) is 0 Å². The summed E-state index contributed by atoms with van der Waals surface area (Å²) in [6.07, 6.45) is 1.86. The van der Waals surface area contributed by atoms with Gasteiger partial charge in [0, 0.05) is 33.4 Å². The zero-order valence-electron chi connectivity index (χ0n) is 14.1. The second-order valence-corrected chi connectivity index (χ2v) is 5.78. The Morgan fingerprint density at radius 2 is 1.68 bits per heavy atom. The lowest BCUT2D eigenvalue weighted by atomic mass is 10.1. The van der Waals surface area contributed by atoms with Gasteiger partial charge >= 0.3 is 0 Å². The average Bonchev–Trinajstić information content (AvgIpc) is 2.47. The molecule has 0 fully saturated rings. The van der Waals surface area contributed by atoms with Crippen LogP contribution in [0, 0.1) is 13.8 Å². The Hall–Kier alpha value is -2.07. The van der Waals surface area contributed by atoms with Gasteiger partial charge in [-0.15, -0.1) is 0 Å². The fraction of sp³-hybridized carbons (Fsp3) is 0.389. The van der Waals surface area contributed by atoms with Gasteiger partial charge in [0.1, 0.15) is 11.6 Å². The lowest BCUT2D eigenvalue weighted by Gasteiger charge is -2.13. The van der Waals surface area contributed by atoms with Gasteiger partial charge in [-0.3, -0.25) is 0 Å². The van der Waals surface area contributed by atoms with Crippen molar-refractivity contribution in [2.45, 2.75) is 26.9 Å². The van der Waals surface area contributed by atoms with E-state index in [0.717, 1.165) is 24.7 Å². The molecule has 0 saturated carbocycles. The molecule has 0 aliphatic heterocycles. The summed E-state index contributed by atoms with van der Waals surface area (Å²) in [5, 5.41) is 3.49. The Bertz CT molecular complexity index is 615. The first kappa shape index (κ1) is 16.3. The summed E-state index contributed by atoms with van der Waals surface area (Å²) < 4.78 is 5.41. The highest BCUT2D eigenvalue weighted by Gasteiger charge is 2.05. The quantitative estimate of drug-likeness (QED) is 0.889. The number of aromatic nitrogens is 1. The molecular formula is C18H25N3O. The predicted molar refractivity (Wildman–Crippen MR) is 91.6 cm³/mol. The molecule has 0 unspecified atom stereocenters. The zero-order chi connectivity index (χ0) is 16.1. The molecule has 0 aliphatic carbocycles. The van der Waals surface area contributed by atoms with Crippen molar-refractivity contribution < 1.29 is 4.74 Å². The summed E-state index contributed by atoms with van der Waals surface area (Å²) in [6, 6.07) is 8.51. The third-order valence-electron chi connectivity index (χ3n) is 3.65. The first-order valence-corrected chi connectivity index (χ1v) is 7.48. The molecule has 4 nitrogen and oxygen atoms in total. The summed E-state index contributed by atoms with van der Waals surface area (Å²) in [5.74, 6) is 1.96.